The summed E-state index contributed by atoms with van der Waals surface area (Å²) in [6.45, 7) is 0.485. The molecule has 0 saturated carbocycles. The van der Waals surface area contributed by atoms with Gasteiger partial charge in [0.1, 0.15) is 0 Å². The fourth-order valence-electron chi connectivity index (χ4n) is 1.64. The van der Waals surface area contributed by atoms with Crippen LogP contribution in [0.25, 0.3) is 0 Å². The van der Waals surface area contributed by atoms with E-state index in [4.69, 9.17) is 0 Å². The second-order valence-electron chi connectivity index (χ2n) is 4.05. The Morgan fingerprint density at radius 2 is 2.05 bits per heavy atom. The molecule has 0 bridgehead atoms. The quantitative estimate of drug-likeness (QED) is 0.809. The second kappa shape index (κ2) is 6.72. The summed E-state index contributed by atoms with van der Waals surface area (Å²) in [6.07, 6.45) is 0. The van der Waals surface area contributed by atoms with Crippen LogP contribution in [0.4, 0.5) is 10.5 Å². The predicted octanol–water partition coefficient (Wildman–Crippen LogP) is 2.43. The van der Waals surface area contributed by atoms with Crippen LogP contribution >= 0.6 is 11.3 Å². The molecular weight excluding hydrogens is 274 g/mol. The summed E-state index contributed by atoms with van der Waals surface area (Å²) < 4.78 is 0. The normalized spacial score (nSPS) is 9.85. The predicted molar refractivity (Wildman–Crippen MR) is 80.0 cm³/mol. The van der Waals surface area contributed by atoms with E-state index in [1.807, 2.05) is 17.5 Å². The summed E-state index contributed by atoms with van der Waals surface area (Å²) in [5.74, 6) is -0.187. The van der Waals surface area contributed by atoms with E-state index in [9.17, 15) is 9.59 Å². The minimum absolute atomic E-state index is 0.187. The topological polar surface area (TPSA) is 70.2 Å². The number of benzene rings is 1. The van der Waals surface area contributed by atoms with Crippen LogP contribution in [0.3, 0.4) is 0 Å². The third-order valence-corrected chi connectivity index (χ3v) is 3.49. The Labute approximate surface area is 121 Å². The monoisotopic (exact) mass is 289 g/mol. The van der Waals surface area contributed by atoms with Crippen LogP contribution in [0.2, 0.25) is 0 Å². The average molecular weight is 289 g/mol. The summed E-state index contributed by atoms with van der Waals surface area (Å²) in [5.41, 5.74) is 1.08. The van der Waals surface area contributed by atoms with Crippen molar-refractivity contribution in [2.24, 2.45) is 0 Å². The maximum absolute atomic E-state index is 11.7. The number of rotatable bonds is 4. The second-order valence-corrected chi connectivity index (χ2v) is 5.08. The van der Waals surface area contributed by atoms with Gasteiger partial charge < -0.3 is 16.0 Å². The van der Waals surface area contributed by atoms with Gasteiger partial charge in [0.25, 0.3) is 5.91 Å². The molecule has 3 amide bonds. The van der Waals surface area contributed by atoms with Gasteiger partial charge >= 0.3 is 6.03 Å². The minimum Gasteiger partial charge on any atom is -0.355 e. The van der Waals surface area contributed by atoms with Crippen molar-refractivity contribution in [2.75, 3.05) is 12.4 Å². The molecule has 1 heterocycles. The third kappa shape index (κ3) is 3.83. The fraction of sp³-hybridized carbons (Fsp3) is 0.143. The van der Waals surface area contributed by atoms with E-state index in [0.29, 0.717) is 17.8 Å². The van der Waals surface area contributed by atoms with Crippen LogP contribution < -0.4 is 16.0 Å². The van der Waals surface area contributed by atoms with Crippen LogP contribution in [0.5, 0.6) is 0 Å². The largest absolute Gasteiger partial charge is 0.355 e. The van der Waals surface area contributed by atoms with Crippen LogP contribution in [-0.2, 0) is 6.54 Å². The lowest BCUT2D eigenvalue weighted by molar-refractivity contribution is 0.0963. The Bertz CT molecular complexity index is 596. The first kappa shape index (κ1) is 14.1. The molecule has 2 rings (SSSR count). The highest BCUT2D eigenvalue weighted by molar-refractivity contribution is 7.09. The number of urea groups is 1. The van der Waals surface area contributed by atoms with E-state index in [1.165, 1.54) is 0 Å². The van der Waals surface area contributed by atoms with E-state index >= 15 is 0 Å². The molecule has 0 spiro atoms. The fourth-order valence-corrected chi connectivity index (χ4v) is 2.28. The van der Waals surface area contributed by atoms with Crippen LogP contribution in [0, 0.1) is 0 Å². The third-order valence-electron chi connectivity index (χ3n) is 2.61. The minimum atomic E-state index is -0.299. The van der Waals surface area contributed by atoms with E-state index in [-0.39, 0.29) is 11.9 Å². The lowest BCUT2D eigenvalue weighted by Crippen LogP contribution is -2.28. The highest BCUT2D eigenvalue weighted by Crippen LogP contribution is 2.11. The molecule has 0 radical (unpaired) electrons. The molecular formula is C14H15N3O2S. The highest BCUT2D eigenvalue weighted by atomic mass is 32.1. The van der Waals surface area contributed by atoms with Crippen LogP contribution in [-0.4, -0.2) is 19.0 Å². The molecule has 0 unspecified atom stereocenters. The van der Waals surface area contributed by atoms with Gasteiger partial charge in [0.15, 0.2) is 0 Å². The number of nitrogens with one attached hydrogen (secondary N) is 3. The molecule has 0 atom stereocenters. The molecule has 20 heavy (non-hydrogen) atoms. The van der Waals surface area contributed by atoms with Crippen molar-refractivity contribution in [3.63, 3.8) is 0 Å². The maximum atomic E-state index is 11.7. The molecule has 0 fully saturated rings. The van der Waals surface area contributed by atoms with Gasteiger partial charge in [-0.1, -0.05) is 12.1 Å². The van der Waals surface area contributed by atoms with Crippen LogP contribution in [0.1, 0.15) is 15.2 Å². The van der Waals surface area contributed by atoms with Gasteiger partial charge in [0, 0.05) is 23.2 Å². The number of carbonyl (C=O) groups is 2. The van der Waals surface area contributed by atoms with Gasteiger partial charge in [0.2, 0.25) is 0 Å². The van der Waals surface area contributed by atoms with E-state index in [2.05, 4.69) is 16.0 Å². The summed E-state index contributed by atoms with van der Waals surface area (Å²) in [5, 5.41) is 9.95. The van der Waals surface area contributed by atoms with Gasteiger partial charge in [-0.15, -0.1) is 11.3 Å². The molecule has 6 heteroatoms. The van der Waals surface area contributed by atoms with E-state index < -0.39 is 0 Å². The molecule has 0 aliphatic heterocycles. The maximum Gasteiger partial charge on any atom is 0.319 e. The highest BCUT2D eigenvalue weighted by Gasteiger charge is 2.06. The van der Waals surface area contributed by atoms with Crippen molar-refractivity contribution >= 4 is 29.0 Å². The van der Waals surface area contributed by atoms with Crippen molar-refractivity contribution in [1.82, 2.24) is 10.6 Å². The van der Waals surface area contributed by atoms with Gasteiger partial charge in [-0.2, -0.15) is 0 Å². The number of thiophene rings is 1. The molecule has 3 N–H and O–H groups in total. The number of anilines is 1. The van der Waals surface area contributed by atoms with Gasteiger partial charge in [-0.3, -0.25) is 4.79 Å². The van der Waals surface area contributed by atoms with Gasteiger partial charge in [0.05, 0.1) is 6.54 Å². The average Bonchev–Trinajstić information content (AvgIpc) is 2.98. The molecule has 0 aliphatic rings. The van der Waals surface area contributed by atoms with Crippen LogP contribution in [0.15, 0.2) is 41.8 Å². The van der Waals surface area contributed by atoms with Crippen molar-refractivity contribution in [2.45, 2.75) is 6.54 Å². The first-order valence-corrected chi connectivity index (χ1v) is 6.96. The molecule has 0 saturated heterocycles. The summed E-state index contributed by atoms with van der Waals surface area (Å²) in [6, 6.07) is 10.4. The lowest BCUT2D eigenvalue weighted by atomic mass is 10.2. The number of hydrogen-bond acceptors (Lipinski definition) is 3. The lowest BCUT2D eigenvalue weighted by Gasteiger charge is -2.08. The summed E-state index contributed by atoms with van der Waals surface area (Å²) in [7, 11) is 1.57. The molecule has 5 nitrogen and oxygen atoms in total. The standard InChI is InChI=1S/C14H15N3O2S/c1-15-13(18)10-4-2-5-11(8-10)17-14(19)16-9-12-6-3-7-20-12/h2-8H,9H2,1H3,(H,15,18)(H2,16,17,19). The molecule has 2 aromatic rings. The number of carbonyl (C=O) groups excluding carboxylic acids is 2. The Balaban J connectivity index is 1.92. The molecule has 0 aliphatic carbocycles. The SMILES string of the molecule is CNC(=O)c1cccc(NC(=O)NCc2cccs2)c1. The van der Waals surface area contributed by atoms with Gasteiger partial charge in [-0.05, 0) is 29.6 Å². The van der Waals surface area contributed by atoms with Crippen molar-refractivity contribution < 1.29 is 9.59 Å². The zero-order valence-corrected chi connectivity index (χ0v) is 11.8. The summed E-state index contributed by atoms with van der Waals surface area (Å²) in [4.78, 5) is 24.3. The molecule has 1 aromatic heterocycles. The van der Waals surface area contributed by atoms with E-state index in [1.54, 1.807) is 42.6 Å². The number of hydrogen-bond donors (Lipinski definition) is 3. The molecule has 104 valence electrons. The summed E-state index contributed by atoms with van der Waals surface area (Å²) >= 11 is 1.59. The van der Waals surface area contributed by atoms with E-state index in [0.717, 1.165) is 4.88 Å². The first-order valence-electron chi connectivity index (χ1n) is 6.08. The van der Waals surface area contributed by atoms with Gasteiger partial charge in [-0.25, -0.2) is 4.79 Å². The Hall–Kier alpha value is -2.34. The zero-order chi connectivity index (χ0) is 14.4. The molecule has 1 aromatic carbocycles. The zero-order valence-electron chi connectivity index (χ0n) is 11.0. The smallest absolute Gasteiger partial charge is 0.319 e. The number of amides is 3. The Kier molecular flexibility index (Phi) is 4.73. The Morgan fingerprint density at radius 1 is 1.20 bits per heavy atom. The van der Waals surface area contributed by atoms with Crippen molar-refractivity contribution in [1.29, 1.82) is 0 Å². The van der Waals surface area contributed by atoms with Crippen molar-refractivity contribution in [3.8, 4) is 0 Å². The Morgan fingerprint density at radius 3 is 2.75 bits per heavy atom. The van der Waals surface area contributed by atoms with Crippen molar-refractivity contribution in [3.05, 3.63) is 52.2 Å². The first-order chi connectivity index (χ1) is 9.69.